The van der Waals surface area contributed by atoms with Crippen LogP contribution in [0.15, 0.2) is 23.3 Å². The van der Waals surface area contributed by atoms with Gasteiger partial charge in [0.05, 0.1) is 11.1 Å². The molecule has 0 bridgehead atoms. The standard InChI is InChI=1S/C10H9N5O/c1-2-15-10-8-6(14-15)3-4-7(16)13-9(8)11-5-12-10/h3-5,14H,2H2,1H3. The fraction of sp³-hybridized carbons (Fsp3) is 0.200. The third-order valence-corrected chi connectivity index (χ3v) is 2.51. The fourth-order valence-electron chi connectivity index (χ4n) is 1.80. The van der Waals surface area contributed by atoms with Crippen LogP contribution in [0.4, 0.5) is 11.5 Å². The van der Waals surface area contributed by atoms with Crippen molar-refractivity contribution in [1.29, 1.82) is 0 Å². The first kappa shape index (κ1) is 9.02. The van der Waals surface area contributed by atoms with Crippen LogP contribution < -0.4 is 16.0 Å². The van der Waals surface area contributed by atoms with Crippen LogP contribution in [0.25, 0.3) is 11.0 Å². The summed E-state index contributed by atoms with van der Waals surface area (Å²) < 4.78 is 0. The highest BCUT2D eigenvalue weighted by Crippen LogP contribution is 2.33. The Bertz CT molecular complexity index is 627. The lowest BCUT2D eigenvalue weighted by molar-refractivity contribution is 0.940. The molecule has 0 aromatic carbocycles. The first-order chi connectivity index (χ1) is 7.79. The molecule has 0 atom stereocenters. The predicted molar refractivity (Wildman–Crippen MR) is 60.2 cm³/mol. The van der Waals surface area contributed by atoms with E-state index in [0.717, 1.165) is 23.4 Å². The van der Waals surface area contributed by atoms with Crippen molar-refractivity contribution in [3.63, 3.8) is 0 Å². The van der Waals surface area contributed by atoms with E-state index >= 15 is 0 Å². The molecule has 0 saturated heterocycles. The summed E-state index contributed by atoms with van der Waals surface area (Å²) in [5.74, 6) is 0.769. The summed E-state index contributed by atoms with van der Waals surface area (Å²) in [6.45, 7) is 2.79. The van der Waals surface area contributed by atoms with Crippen molar-refractivity contribution in [2.45, 2.75) is 6.92 Å². The Morgan fingerprint density at radius 3 is 3.06 bits per heavy atom. The van der Waals surface area contributed by atoms with Crippen molar-refractivity contribution in [2.24, 2.45) is 0 Å². The van der Waals surface area contributed by atoms with Gasteiger partial charge in [-0.2, -0.15) is 4.98 Å². The highest BCUT2D eigenvalue weighted by Gasteiger charge is 2.21. The molecular formula is C10H9N5O. The molecule has 0 radical (unpaired) electrons. The van der Waals surface area contributed by atoms with E-state index in [9.17, 15) is 4.79 Å². The Hall–Kier alpha value is -2.24. The highest BCUT2D eigenvalue weighted by molar-refractivity contribution is 6.01. The van der Waals surface area contributed by atoms with Crippen LogP contribution in [-0.2, 0) is 0 Å². The van der Waals surface area contributed by atoms with Gasteiger partial charge in [0, 0.05) is 12.6 Å². The molecule has 0 aliphatic carbocycles. The number of hydrogen-bond acceptors (Lipinski definition) is 6. The van der Waals surface area contributed by atoms with Gasteiger partial charge in [0.15, 0.2) is 11.5 Å². The van der Waals surface area contributed by atoms with E-state index in [4.69, 9.17) is 0 Å². The van der Waals surface area contributed by atoms with Crippen LogP contribution >= 0.6 is 0 Å². The molecule has 80 valence electrons. The highest BCUT2D eigenvalue weighted by atomic mass is 16.1. The molecule has 1 aliphatic rings. The maximum atomic E-state index is 11.3. The van der Waals surface area contributed by atoms with Gasteiger partial charge in [-0.15, -0.1) is 0 Å². The van der Waals surface area contributed by atoms with E-state index in [2.05, 4.69) is 20.4 Å². The van der Waals surface area contributed by atoms with Crippen molar-refractivity contribution >= 4 is 22.5 Å². The van der Waals surface area contributed by atoms with E-state index in [0.29, 0.717) is 5.65 Å². The van der Waals surface area contributed by atoms with E-state index in [-0.39, 0.29) is 5.56 Å². The summed E-state index contributed by atoms with van der Waals surface area (Å²) in [5, 5.41) is 2.69. The van der Waals surface area contributed by atoms with Gasteiger partial charge >= 0.3 is 0 Å². The quantitative estimate of drug-likeness (QED) is 0.749. The van der Waals surface area contributed by atoms with Crippen LogP contribution in [0.3, 0.4) is 0 Å². The molecule has 6 heteroatoms. The second-order valence-corrected chi connectivity index (χ2v) is 3.45. The summed E-state index contributed by atoms with van der Waals surface area (Å²) in [6.07, 6.45) is 1.42. The van der Waals surface area contributed by atoms with Gasteiger partial charge in [-0.1, -0.05) is 0 Å². The fourth-order valence-corrected chi connectivity index (χ4v) is 1.80. The second-order valence-electron chi connectivity index (χ2n) is 3.45. The van der Waals surface area contributed by atoms with Gasteiger partial charge in [-0.05, 0) is 13.0 Å². The number of hydrogen-bond donors (Lipinski definition) is 1. The van der Waals surface area contributed by atoms with Crippen molar-refractivity contribution in [3.8, 4) is 0 Å². The molecule has 0 spiro atoms. The average Bonchev–Trinajstić information content (AvgIpc) is 2.57. The van der Waals surface area contributed by atoms with E-state index in [1.54, 1.807) is 6.07 Å². The van der Waals surface area contributed by atoms with Crippen LogP contribution in [-0.4, -0.2) is 21.5 Å². The Labute approximate surface area is 90.9 Å². The molecule has 3 rings (SSSR count). The van der Waals surface area contributed by atoms with E-state index < -0.39 is 0 Å². The topological polar surface area (TPSA) is 71.0 Å². The third kappa shape index (κ3) is 1.13. The van der Waals surface area contributed by atoms with Crippen molar-refractivity contribution in [1.82, 2.24) is 15.0 Å². The number of nitrogens with one attached hydrogen (secondary N) is 1. The summed E-state index contributed by atoms with van der Waals surface area (Å²) in [4.78, 5) is 23.4. The lowest BCUT2D eigenvalue weighted by Crippen LogP contribution is -2.26. The first-order valence-corrected chi connectivity index (χ1v) is 5.00. The van der Waals surface area contributed by atoms with Crippen molar-refractivity contribution in [2.75, 3.05) is 17.0 Å². The van der Waals surface area contributed by atoms with Gasteiger partial charge in [-0.3, -0.25) is 15.2 Å². The van der Waals surface area contributed by atoms with Gasteiger partial charge in [-0.25, -0.2) is 9.97 Å². The second kappa shape index (κ2) is 3.13. The minimum Gasteiger partial charge on any atom is -0.296 e. The maximum Gasteiger partial charge on any atom is 0.271 e. The zero-order chi connectivity index (χ0) is 11.1. The Balaban J connectivity index is 2.46. The lowest BCUT2D eigenvalue weighted by atomic mass is 10.3. The van der Waals surface area contributed by atoms with Crippen molar-refractivity contribution in [3.05, 3.63) is 28.8 Å². The van der Waals surface area contributed by atoms with Crippen LogP contribution in [0.5, 0.6) is 0 Å². The van der Waals surface area contributed by atoms with Crippen LogP contribution in [0.2, 0.25) is 0 Å². The van der Waals surface area contributed by atoms with Gasteiger partial charge in [0.2, 0.25) is 0 Å². The smallest absolute Gasteiger partial charge is 0.271 e. The van der Waals surface area contributed by atoms with Crippen LogP contribution in [0.1, 0.15) is 6.92 Å². The number of anilines is 2. The van der Waals surface area contributed by atoms with Gasteiger partial charge in [0.25, 0.3) is 5.56 Å². The Morgan fingerprint density at radius 1 is 1.38 bits per heavy atom. The average molecular weight is 215 g/mol. The molecule has 0 saturated carbocycles. The number of aromatic nitrogens is 3. The molecule has 0 unspecified atom stereocenters. The summed E-state index contributed by atoms with van der Waals surface area (Å²) in [5.41, 5.74) is 4.11. The minimum absolute atomic E-state index is 0.298. The molecule has 0 amide bonds. The van der Waals surface area contributed by atoms with Crippen LogP contribution in [0, 0.1) is 0 Å². The molecule has 0 fully saturated rings. The molecule has 1 aliphatic heterocycles. The maximum absolute atomic E-state index is 11.3. The van der Waals surface area contributed by atoms with E-state index in [1.807, 2.05) is 11.9 Å². The monoisotopic (exact) mass is 215 g/mol. The summed E-state index contributed by atoms with van der Waals surface area (Å²) >= 11 is 0. The Kier molecular flexibility index (Phi) is 1.76. The van der Waals surface area contributed by atoms with E-state index in [1.165, 1.54) is 12.4 Å². The number of nitrogens with zero attached hydrogens (tertiary/aromatic N) is 4. The van der Waals surface area contributed by atoms with Gasteiger partial charge < -0.3 is 0 Å². The molecule has 1 N–H and O–H groups in total. The third-order valence-electron chi connectivity index (χ3n) is 2.51. The normalized spacial score (nSPS) is 12.9. The molecule has 2 aromatic heterocycles. The molecule has 6 nitrogen and oxygen atoms in total. The largest absolute Gasteiger partial charge is 0.296 e. The lowest BCUT2D eigenvalue weighted by Gasteiger charge is -2.15. The summed E-state index contributed by atoms with van der Waals surface area (Å²) in [7, 11) is 0. The predicted octanol–water partition coefficient (Wildman–Crippen LogP) is 0.552. The molecule has 2 aromatic rings. The van der Waals surface area contributed by atoms with Gasteiger partial charge in [0.1, 0.15) is 6.33 Å². The van der Waals surface area contributed by atoms with Crippen molar-refractivity contribution < 1.29 is 0 Å². The zero-order valence-electron chi connectivity index (χ0n) is 8.64. The SMILES string of the molecule is CCN1Nc2ccc(=O)nc3ncnc1c23. The molecule has 16 heavy (non-hydrogen) atoms. The molecular weight excluding hydrogens is 206 g/mol. The molecule has 3 heterocycles. The zero-order valence-corrected chi connectivity index (χ0v) is 8.64. The minimum atomic E-state index is -0.298. The first-order valence-electron chi connectivity index (χ1n) is 5.00. The number of rotatable bonds is 1. The number of hydrazine groups is 1. The summed E-state index contributed by atoms with van der Waals surface area (Å²) in [6, 6.07) is 3.13. The Morgan fingerprint density at radius 2 is 2.25 bits per heavy atom.